The summed E-state index contributed by atoms with van der Waals surface area (Å²) in [6.07, 6.45) is 5.36. The zero-order valence-corrected chi connectivity index (χ0v) is 11.0. The standard InChI is InChI=1S/C15H22N2O/c1-2-15(8-3-9-15)11-17-10-12-4-6-13(7-5-12)14(16)18/h4-7,17H,2-3,8-11H2,1H3,(H2,16,18). The molecule has 1 aromatic carbocycles. The van der Waals surface area contributed by atoms with Crippen molar-refractivity contribution in [3.8, 4) is 0 Å². The van der Waals surface area contributed by atoms with Crippen molar-refractivity contribution in [2.75, 3.05) is 6.54 Å². The van der Waals surface area contributed by atoms with Crippen LogP contribution in [0, 0.1) is 5.41 Å². The van der Waals surface area contributed by atoms with Crippen molar-refractivity contribution in [2.45, 2.75) is 39.2 Å². The Kier molecular flexibility index (Phi) is 4.02. The molecule has 2 rings (SSSR count). The highest BCUT2D eigenvalue weighted by Gasteiger charge is 2.34. The predicted molar refractivity (Wildman–Crippen MR) is 73.2 cm³/mol. The monoisotopic (exact) mass is 246 g/mol. The lowest BCUT2D eigenvalue weighted by Crippen LogP contribution is -2.39. The molecule has 98 valence electrons. The van der Waals surface area contributed by atoms with Crippen LogP contribution in [-0.2, 0) is 6.54 Å². The summed E-state index contributed by atoms with van der Waals surface area (Å²) in [7, 11) is 0. The van der Waals surface area contributed by atoms with Crippen molar-refractivity contribution < 1.29 is 4.79 Å². The Balaban J connectivity index is 1.81. The van der Waals surface area contributed by atoms with Crippen LogP contribution in [0.15, 0.2) is 24.3 Å². The van der Waals surface area contributed by atoms with E-state index in [1.54, 1.807) is 12.1 Å². The van der Waals surface area contributed by atoms with E-state index in [1.807, 2.05) is 12.1 Å². The van der Waals surface area contributed by atoms with Gasteiger partial charge in [0.2, 0.25) is 5.91 Å². The van der Waals surface area contributed by atoms with Gasteiger partial charge in [0.05, 0.1) is 0 Å². The number of benzene rings is 1. The molecule has 3 heteroatoms. The van der Waals surface area contributed by atoms with Crippen molar-refractivity contribution in [2.24, 2.45) is 11.1 Å². The molecule has 0 aliphatic heterocycles. The number of hydrogen-bond acceptors (Lipinski definition) is 2. The van der Waals surface area contributed by atoms with Crippen molar-refractivity contribution in [1.82, 2.24) is 5.32 Å². The Bertz CT molecular complexity index is 401. The summed E-state index contributed by atoms with van der Waals surface area (Å²) < 4.78 is 0. The Morgan fingerprint density at radius 3 is 2.44 bits per heavy atom. The maximum Gasteiger partial charge on any atom is 0.248 e. The third kappa shape index (κ3) is 2.91. The third-order valence-corrected chi connectivity index (χ3v) is 4.23. The van der Waals surface area contributed by atoms with Gasteiger partial charge >= 0.3 is 0 Å². The minimum absolute atomic E-state index is 0.367. The van der Waals surface area contributed by atoms with Crippen molar-refractivity contribution >= 4 is 5.91 Å². The summed E-state index contributed by atoms with van der Waals surface area (Å²) in [5, 5.41) is 3.53. The molecule has 1 aromatic rings. The molecule has 1 amide bonds. The number of carbonyl (C=O) groups excluding carboxylic acids is 1. The molecule has 0 heterocycles. The van der Waals surface area contributed by atoms with Gasteiger partial charge in [0.1, 0.15) is 0 Å². The molecule has 0 unspecified atom stereocenters. The summed E-state index contributed by atoms with van der Waals surface area (Å²) in [6.45, 7) is 4.24. The number of rotatable bonds is 6. The quantitative estimate of drug-likeness (QED) is 0.810. The highest BCUT2D eigenvalue weighted by atomic mass is 16.1. The normalized spacial score (nSPS) is 17.2. The van der Waals surface area contributed by atoms with Crippen molar-refractivity contribution in [3.63, 3.8) is 0 Å². The summed E-state index contributed by atoms with van der Waals surface area (Å²) in [5.74, 6) is -0.367. The molecule has 0 bridgehead atoms. The number of nitrogens with one attached hydrogen (secondary N) is 1. The highest BCUT2D eigenvalue weighted by molar-refractivity contribution is 5.92. The minimum atomic E-state index is -0.367. The van der Waals surface area contributed by atoms with Crippen LogP contribution in [0.2, 0.25) is 0 Å². The summed E-state index contributed by atoms with van der Waals surface area (Å²) in [5.41, 5.74) is 7.53. The second kappa shape index (κ2) is 5.53. The first-order valence-corrected chi connectivity index (χ1v) is 6.75. The second-order valence-electron chi connectivity index (χ2n) is 5.37. The lowest BCUT2D eigenvalue weighted by molar-refractivity contribution is 0.100. The number of amides is 1. The molecule has 1 saturated carbocycles. The summed E-state index contributed by atoms with van der Waals surface area (Å²) in [4.78, 5) is 10.9. The van der Waals surface area contributed by atoms with Crippen molar-refractivity contribution in [3.05, 3.63) is 35.4 Å². The van der Waals surface area contributed by atoms with E-state index in [2.05, 4.69) is 12.2 Å². The van der Waals surface area contributed by atoms with Gasteiger partial charge in [-0.3, -0.25) is 4.79 Å². The van der Waals surface area contributed by atoms with Crippen molar-refractivity contribution in [1.29, 1.82) is 0 Å². The van der Waals surface area contributed by atoms with E-state index in [-0.39, 0.29) is 5.91 Å². The minimum Gasteiger partial charge on any atom is -0.366 e. The first kappa shape index (κ1) is 13.1. The molecule has 1 aliphatic carbocycles. The molecule has 0 spiro atoms. The fourth-order valence-corrected chi connectivity index (χ4v) is 2.59. The molecule has 0 radical (unpaired) electrons. The zero-order chi connectivity index (χ0) is 13.0. The van der Waals surface area contributed by atoms with E-state index in [0.717, 1.165) is 13.1 Å². The number of primary amides is 1. The van der Waals surface area contributed by atoms with Crippen LogP contribution in [-0.4, -0.2) is 12.5 Å². The van der Waals surface area contributed by atoms with Gasteiger partial charge in [-0.05, 0) is 42.4 Å². The zero-order valence-electron chi connectivity index (χ0n) is 11.0. The molecule has 3 N–H and O–H groups in total. The Morgan fingerprint density at radius 1 is 1.33 bits per heavy atom. The molecule has 0 aromatic heterocycles. The number of carbonyl (C=O) groups is 1. The maximum atomic E-state index is 10.9. The molecule has 18 heavy (non-hydrogen) atoms. The van der Waals surface area contributed by atoms with E-state index >= 15 is 0 Å². The van der Waals surface area contributed by atoms with Gasteiger partial charge in [0, 0.05) is 18.7 Å². The van der Waals surface area contributed by atoms with E-state index in [9.17, 15) is 4.79 Å². The van der Waals surface area contributed by atoms with E-state index < -0.39 is 0 Å². The largest absolute Gasteiger partial charge is 0.366 e. The van der Waals surface area contributed by atoms with Crippen LogP contribution in [0.4, 0.5) is 0 Å². The molecule has 1 fully saturated rings. The highest BCUT2D eigenvalue weighted by Crippen LogP contribution is 2.43. The molecular weight excluding hydrogens is 224 g/mol. The fraction of sp³-hybridized carbons (Fsp3) is 0.533. The Labute approximate surface area is 109 Å². The second-order valence-corrected chi connectivity index (χ2v) is 5.37. The lowest BCUT2D eigenvalue weighted by Gasteiger charge is -2.41. The Hall–Kier alpha value is -1.35. The molecule has 0 saturated heterocycles. The van der Waals surface area contributed by atoms with Gasteiger partial charge in [-0.1, -0.05) is 25.5 Å². The van der Waals surface area contributed by atoms with E-state index in [0.29, 0.717) is 11.0 Å². The topological polar surface area (TPSA) is 55.1 Å². The molecule has 0 atom stereocenters. The smallest absolute Gasteiger partial charge is 0.248 e. The van der Waals surface area contributed by atoms with Gasteiger partial charge in [-0.15, -0.1) is 0 Å². The number of nitrogens with two attached hydrogens (primary N) is 1. The van der Waals surface area contributed by atoms with Gasteiger partial charge in [0.15, 0.2) is 0 Å². The first-order chi connectivity index (χ1) is 8.65. The van der Waals surface area contributed by atoms with E-state index in [1.165, 1.54) is 31.2 Å². The summed E-state index contributed by atoms with van der Waals surface area (Å²) >= 11 is 0. The molecule has 3 nitrogen and oxygen atoms in total. The third-order valence-electron chi connectivity index (χ3n) is 4.23. The maximum absolute atomic E-state index is 10.9. The van der Waals surface area contributed by atoms with Crippen LogP contribution >= 0.6 is 0 Å². The van der Waals surface area contributed by atoms with Crippen LogP contribution in [0.1, 0.15) is 48.5 Å². The van der Waals surface area contributed by atoms with Crippen LogP contribution < -0.4 is 11.1 Å². The molecule has 1 aliphatic rings. The van der Waals surface area contributed by atoms with Crippen LogP contribution in [0.25, 0.3) is 0 Å². The van der Waals surface area contributed by atoms with Gasteiger partial charge in [0.25, 0.3) is 0 Å². The van der Waals surface area contributed by atoms with E-state index in [4.69, 9.17) is 5.73 Å². The average molecular weight is 246 g/mol. The van der Waals surface area contributed by atoms with Gasteiger partial charge < -0.3 is 11.1 Å². The van der Waals surface area contributed by atoms with Gasteiger partial charge in [-0.2, -0.15) is 0 Å². The Morgan fingerprint density at radius 2 is 2.00 bits per heavy atom. The van der Waals surface area contributed by atoms with Gasteiger partial charge in [-0.25, -0.2) is 0 Å². The average Bonchev–Trinajstić information content (AvgIpc) is 2.33. The predicted octanol–water partition coefficient (Wildman–Crippen LogP) is 2.46. The fourth-order valence-electron chi connectivity index (χ4n) is 2.59. The SMILES string of the molecule is CCC1(CNCc2ccc(C(N)=O)cc2)CCC1. The van der Waals surface area contributed by atoms with Crippen LogP contribution in [0.5, 0.6) is 0 Å². The lowest BCUT2D eigenvalue weighted by atomic mass is 9.67. The number of hydrogen-bond donors (Lipinski definition) is 2. The van der Waals surface area contributed by atoms with Crippen LogP contribution in [0.3, 0.4) is 0 Å². The summed E-state index contributed by atoms with van der Waals surface area (Å²) in [6, 6.07) is 7.51. The first-order valence-electron chi connectivity index (χ1n) is 6.75. The molecular formula is C15H22N2O.